The molecule has 0 aliphatic heterocycles. The van der Waals surface area contributed by atoms with Gasteiger partial charge < -0.3 is 0 Å². The van der Waals surface area contributed by atoms with Gasteiger partial charge in [-0.15, -0.1) is 11.6 Å². The van der Waals surface area contributed by atoms with E-state index in [1.54, 1.807) is 51.1 Å². The zero-order valence-electron chi connectivity index (χ0n) is 13.3. The summed E-state index contributed by atoms with van der Waals surface area (Å²) in [5.74, 6) is 0. The molecule has 0 bridgehead atoms. The highest BCUT2D eigenvalue weighted by Crippen LogP contribution is 2.33. The first kappa shape index (κ1) is 17.6. The molecule has 1 aliphatic rings. The van der Waals surface area contributed by atoms with Crippen molar-refractivity contribution in [1.29, 1.82) is 5.26 Å². The Balaban J connectivity index is 2.52. The topological polar surface area (TPSA) is 61.2 Å². The number of para-hydroxylation sites is 1. The molecule has 0 heterocycles. The molecule has 2 unspecified atom stereocenters. The van der Waals surface area contributed by atoms with Crippen molar-refractivity contribution in [1.82, 2.24) is 0 Å². The van der Waals surface area contributed by atoms with Gasteiger partial charge in [-0.3, -0.25) is 4.31 Å². The zero-order chi connectivity index (χ0) is 17.3. The predicted molar refractivity (Wildman–Crippen MR) is 93.9 cm³/mol. The van der Waals surface area contributed by atoms with E-state index in [1.165, 1.54) is 16.5 Å². The largest absolute Gasteiger partial charge is 0.267 e. The van der Waals surface area contributed by atoms with Crippen LogP contribution in [0.25, 0.3) is 0 Å². The van der Waals surface area contributed by atoms with Crippen molar-refractivity contribution in [2.45, 2.75) is 36.9 Å². The smallest absolute Gasteiger partial charge is 0.246 e. The van der Waals surface area contributed by atoms with E-state index in [2.05, 4.69) is 0 Å². The van der Waals surface area contributed by atoms with Crippen LogP contribution in [0.4, 0.5) is 5.69 Å². The van der Waals surface area contributed by atoms with Crippen LogP contribution in [0.1, 0.15) is 20.8 Å². The molecule has 6 heteroatoms. The minimum atomic E-state index is -3.79. The summed E-state index contributed by atoms with van der Waals surface area (Å²) in [4.78, 5) is -0.841. The highest BCUT2D eigenvalue weighted by atomic mass is 35.5. The number of rotatable bonds is 4. The number of nitriles is 1. The standard InChI is InChI=1S/C17H19ClN2O2S/c1-13(2)20(15-7-5-4-6-8-15)23(21,22)16-9-10-17(3,18)11-14(16)12-19/h4-11,13,16H,1-3H3. The molecular weight excluding hydrogens is 332 g/mol. The maximum absolute atomic E-state index is 13.1. The Morgan fingerprint density at radius 3 is 2.43 bits per heavy atom. The van der Waals surface area contributed by atoms with Gasteiger partial charge in [-0.2, -0.15) is 5.26 Å². The second kappa shape index (κ2) is 6.38. The third kappa shape index (κ3) is 3.60. The molecule has 2 rings (SSSR count). The van der Waals surface area contributed by atoms with Crippen LogP contribution in [-0.4, -0.2) is 24.6 Å². The highest BCUT2D eigenvalue weighted by molar-refractivity contribution is 7.93. The number of benzene rings is 1. The van der Waals surface area contributed by atoms with Gasteiger partial charge in [-0.25, -0.2) is 8.42 Å². The molecule has 1 aliphatic carbocycles. The summed E-state index contributed by atoms with van der Waals surface area (Å²) in [5, 5.41) is 8.33. The SMILES string of the molecule is CC(C)N(c1ccccc1)S(=O)(=O)C1C=CC(C)(Cl)C=C1C#N. The fourth-order valence-electron chi connectivity index (χ4n) is 2.61. The molecule has 0 fully saturated rings. The van der Waals surface area contributed by atoms with Crippen LogP contribution in [0, 0.1) is 11.3 Å². The van der Waals surface area contributed by atoms with Crippen LogP contribution < -0.4 is 4.31 Å². The number of allylic oxidation sites excluding steroid dienone is 2. The van der Waals surface area contributed by atoms with Crippen molar-refractivity contribution in [2.75, 3.05) is 4.31 Å². The van der Waals surface area contributed by atoms with E-state index in [4.69, 9.17) is 11.6 Å². The quantitative estimate of drug-likeness (QED) is 0.615. The summed E-state index contributed by atoms with van der Waals surface area (Å²) in [6.45, 7) is 5.32. The average molecular weight is 351 g/mol. The van der Waals surface area contributed by atoms with Gasteiger partial charge in [0.1, 0.15) is 5.25 Å². The van der Waals surface area contributed by atoms with Crippen molar-refractivity contribution in [2.24, 2.45) is 0 Å². The molecule has 2 atom stereocenters. The maximum atomic E-state index is 13.1. The summed E-state index contributed by atoms with van der Waals surface area (Å²) < 4.78 is 27.6. The van der Waals surface area contributed by atoms with Gasteiger partial charge in [0, 0.05) is 6.04 Å². The molecule has 0 amide bonds. The summed E-state index contributed by atoms with van der Waals surface area (Å²) in [6, 6.07) is 10.6. The Morgan fingerprint density at radius 2 is 1.91 bits per heavy atom. The minimum Gasteiger partial charge on any atom is -0.267 e. The Kier molecular flexibility index (Phi) is 4.88. The number of sulfonamides is 1. The number of hydrogen-bond donors (Lipinski definition) is 0. The lowest BCUT2D eigenvalue weighted by Gasteiger charge is -2.33. The van der Waals surface area contributed by atoms with E-state index in [0.29, 0.717) is 5.69 Å². The van der Waals surface area contributed by atoms with E-state index in [9.17, 15) is 13.7 Å². The summed E-state index contributed by atoms with van der Waals surface area (Å²) in [5.41, 5.74) is 0.721. The van der Waals surface area contributed by atoms with Gasteiger partial charge in [0.05, 0.1) is 22.2 Å². The van der Waals surface area contributed by atoms with Crippen molar-refractivity contribution < 1.29 is 8.42 Å². The summed E-state index contributed by atoms with van der Waals surface area (Å²) in [7, 11) is -3.79. The van der Waals surface area contributed by atoms with E-state index in [0.717, 1.165) is 0 Å². The van der Waals surface area contributed by atoms with Crippen LogP contribution in [0.15, 0.2) is 54.1 Å². The van der Waals surface area contributed by atoms with Crippen LogP contribution >= 0.6 is 11.6 Å². The van der Waals surface area contributed by atoms with Crippen molar-refractivity contribution in [3.05, 3.63) is 54.1 Å². The second-order valence-corrected chi connectivity index (χ2v) is 8.66. The van der Waals surface area contributed by atoms with E-state index >= 15 is 0 Å². The minimum absolute atomic E-state index is 0.145. The maximum Gasteiger partial charge on any atom is 0.246 e. The lowest BCUT2D eigenvalue weighted by atomic mass is 9.98. The third-order valence-electron chi connectivity index (χ3n) is 3.55. The van der Waals surface area contributed by atoms with Gasteiger partial charge in [0.15, 0.2) is 0 Å². The number of alkyl halides is 1. The Labute approximate surface area is 142 Å². The first-order valence-electron chi connectivity index (χ1n) is 7.28. The van der Waals surface area contributed by atoms with Crippen molar-refractivity contribution >= 4 is 27.3 Å². The molecular formula is C17H19ClN2O2S. The Hall–Kier alpha value is -1.77. The molecule has 0 radical (unpaired) electrons. The predicted octanol–water partition coefficient (Wildman–Crippen LogP) is 3.62. The van der Waals surface area contributed by atoms with Crippen LogP contribution in [-0.2, 0) is 10.0 Å². The third-order valence-corrected chi connectivity index (χ3v) is 6.01. The molecule has 1 aromatic rings. The van der Waals surface area contributed by atoms with Crippen LogP contribution in [0.5, 0.6) is 0 Å². The fraction of sp³-hybridized carbons (Fsp3) is 0.353. The van der Waals surface area contributed by atoms with Gasteiger partial charge in [0.2, 0.25) is 10.0 Å². The normalized spacial score (nSPS) is 24.2. The van der Waals surface area contributed by atoms with Crippen LogP contribution in [0.2, 0.25) is 0 Å². The molecule has 0 saturated carbocycles. The molecule has 0 saturated heterocycles. The first-order chi connectivity index (χ1) is 10.7. The second-order valence-electron chi connectivity index (χ2n) is 5.91. The van der Waals surface area contributed by atoms with Crippen molar-refractivity contribution in [3.8, 4) is 6.07 Å². The number of anilines is 1. The Bertz CT molecular complexity index is 775. The zero-order valence-corrected chi connectivity index (χ0v) is 14.8. The molecule has 1 aromatic carbocycles. The summed E-state index contributed by atoms with van der Waals surface area (Å²) in [6.07, 6.45) is 4.61. The molecule has 122 valence electrons. The Morgan fingerprint density at radius 1 is 1.30 bits per heavy atom. The molecule has 23 heavy (non-hydrogen) atoms. The first-order valence-corrected chi connectivity index (χ1v) is 9.16. The van der Waals surface area contributed by atoms with E-state index in [-0.39, 0.29) is 11.6 Å². The molecule has 0 spiro atoms. The highest BCUT2D eigenvalue weighted by Gasteiger charge is 2.38. The molecule has 4 nitrogen and oxygen atoms in total. The van der Waals surface area contributed by atoms with Crippen LogP contribution in [0.3, 0.4) is 0 Å². The van der Waals surface area contributed by atoms with Gasteiger partial charge >= 0.3 is 0 Å². The molecule has 0 aromatic heterocycles. The van der Waals surface area contributed by atoms with E-state index < -0.39 is 20.1 Å². The van der Waals surface area contributed by atoms with Crippen molar-refractivity contribution in [3.63, 3.8) is 0 Å². The van der Waals surface area contributed by atoms with E-state index in [1.807, 2.05) is 12.1 Å². The lowest BCUT2D eigenvalue weighted by molar-refractivity contribution is 0.581. The summed E-state index contributed by atoms with van der Waals surface area (Å²) >= 11 is 6.20. The monoisotopic (exact) mass is 350 g/mol. The number of halogens is 1. The fourth-order valence-corrected chi connectivity index (χ4v) is 4.76. The van der Waals surface area contributed by atoms with Gasteiger partial charge in [-0.1, -0.05) is 30.4 Å². The lowest BCUT2D eigenvalue weighted by Crippen LogP contribution is -2.44. The number of hydrogen-bond acceptors (Lipinski definition) is 3. The molecule has 0 N–H and O–H groups in total. The number of nitrogens with zero attached hydrogens (tertiary/aromatic N) is 2. The van der Waals surface area contributed by atoms with Gasteiger partial charge in [0.25, 0.3) is 0 Å². The van der Waals surface area contributed by atoms with Gasteiger partial charge in [-0.05, 0) is 39.0 Å². The average Bonchev–Trinajstić information content (AvgIpc) is 2.46.